The minimum Gasteiger partial charge on any atom is -0.497 e. The monoisotopic (exact) mass is 333 g/mol. The van der Waals surface area contributed by atoms with E-state index in [-0.39, 0.29) is 23.5 Å². The lowest BCUT2D eigenvalue weighted by Crippen LogP contribution is -2.23. The highest BCUT2D eigenvalue weighted by Gasteiger charge is 2.33. The second-order valence-corrected chi connectivity index (χ2v) is 7.66. The van der Waals surface area contributed by atoms with Gasteiger partial charge in [0, 0.05) is 10.5 Å². The van der Waals surface area contributed by atoms with Gasteiger partial charge >= 0.3 is 0 Å². The van der Waals surface area contributed by atoms with Crippen molar-refractivity contribution in [3.63, 3.8) is 0 Å². The molecule has 1 heterocycles. The number of hydrogen-bond donors (Lipinski definition) is 1. The highest BCUT2D eigenvalue weighted by molar-refractivity contribution is 9.10. The first kappa shape index (κ1) is 13.8. The van der Waals surface area contributed by atoms with Gasteiger partial charge in [-0.05, 0) is 36.1 Å². The fourth-order valence-corrected chi connectivity index (χ4v) is 4.63. The van der Waals surface area contributed by atoms with E-state index >= 15 is 0 Å². The van der Waals surface area contributed by atoms with Crippen LogP contribution in [0.3, 0.4) is 0 Å². The molecule has 0 bridgehead atoms. The SMILES string of the molecule is COc1ccc(Br)c(C(N)C2CCS(=O)(=O)C2)c1. The van der Waals surface area contributed by atoms with E-state index in [9.17, 15) is 8.42 Å². The molecule has 0 aliphatic carbocycles. The standard InChI is InChI=1S/C12H16BrNO3S/c1-17-9-2-3-11(13)10(6-9)12(14)8-4-5-18(15,16)7-8/h2-3,6,8,12H,4-5,7,14H2,1H3. The summed E-state index contributed by atoms with van der Waals surface area (Å²) in [6.45, 7) is 0. The highest BCUT2D eigenvalue weighted by atomic mass is 79.9. The van der Waals surface area contributed by atoms with Gasteiger partial charge < -0.3 is 10.5 Å². The maximum atomic E-state index is 11.5. The summed E-state index contributed by atoms with van der Waals surface area (Å²) >= 11 is 3.45. The Bertz CT molecular complexity index is 544. The summed E-state index contributed by atoms with van der Waals surface area (Å²) < 4.78 is 29.0. The third-order valence-electron chi connectivity index (χ3n) is 3.34. The molecule has 18 heavy (non-hydrogen) atoms. The average molecular weight is 334 g/mol. The summed E-state index contributed by atoms with van der Waals surface area (Å²) in [6, 6.07) is 5.29. The summed E-state index contributed by atoms with van der Waals surface area (Å²) in [6.07, 6.45) is 0.632. The van der Waals surface area contributed by atoms with Crippen LogP contribution in [0.4, 0.5) is 0 Å². The minimum atomic E-state index is -2.90. The van der Waals surface area contributed by atoms with E-state index in [4.69, 9.17) is 10.5 Å². The number of methoxy groups -OCH3 is 1. The van der Waals surface area contributed by atoms with Crippen molar-refractivity contribution >= 4 is 25.8 Å². The Morgan fingerprint density at radius 3 is 2.78 bits per heavy atom. The molecule has 1 aliphatic heterocycles. The fraction of sp³-hybridized carbons (Fsp3) is 0.500. The predicted molar refractivity (Wildman–Crippen MR) is 74.4 cm³/mol. The molecule has 1 aromatic carbocycles. The molecule has 0 amide bonds. The Morgan fingerprint density at radius 2 is 2.22 bits per heavy atom. The Kier molecular flexibility index (Phi) is 3.99. The molecule has 100 valence electrons. The van der Waals surface area contributed by atoms with Gasteiger partial charge in [0.05, 0.1) is 18.6 Å². The Balaban J connectivity index is 2.26. The Hall–Kier alpha value is -0.590. The molecule has 4 nitrogen and oxygen atoms in total. The second-order valence-electron chi connectivity index (χ2n) is 4.58. The van der Waals surface area contributed by atoms with Gasteiger partial charge in [-0.25, -0.2) is 8.42 Å². The Morgan fingerprint density at radius 1 is 1.50 bits per heavy atom. The first-order chi connectivity index (χ1) is 8.43. The van der Waals surface area contributed by atoms with E-state index in [0.29, 0.717) is 6.42 Å². The molecule has 0 radical (unpaired) electrons. The third kappa shape index (κ3) is 2.87. The molecule has 1 saturated heterocycles. The van der Waals surface area contributed by atoms with Crippen LogP contribution in [0.1, 0.15) is 18.0 Å². The maximum absolute atomic E-state index is 11.5. The summed E-state index contributed by atoms with van der Waals surface area (Å²) in [5.41, 5.74) is 7.10. The minimum absolute atomic E-state index is 0.0154. The van der Waals surface area contributed by atoms with Crippen molar-refractivity contribution < 1.29 is 13.2 Å². The lowest BCUT2D eigenvalue weighted by molar-refractivity contribution is 0.411. The van der Waals surface area contributed by atoms with Crippen LogP contribution in [0.5, 0.6) is 5.75 Å². The smallest absolute Gasteiger partial charge is 0.150 e. The number of rotatable bonds is 3. The zero-order valence-electron chi connectivity index (χ0n) is 10.1. The van der Waals surface area contributed by atoms with Crippen LogP contribution >= 0.6 is 15.9 Å². The molecular weight excluding hydrogens is 318 g/mol. The fourth-order valence-electron chi connectivity index (χ4n) is 2.27. The van der Waals surface area contributed by atoms with E-state index in [2.05, 4.69) is 15.9 Å². The van der Waals surface area contributed by atoms with Crippen molar-refractivity contribution in [2.45, 2.75) is 12.5 Å². The van der Waals surface area contributed by atoms with Crippen LogP contribution in [0.15, 0.2) is 22.7 Å². The van der Waals surface area contributed by atoms with Gasteiger partial charge in [-0.15, -0.1) is 0 Å². The van der Waals surface area contributed by atoms with Gasteiger partial charge in [0.25, 0.3) is 0 Å². The molecule has 0 spiro atoms. The third-order valence-corrected chi connectivity index (χ3v) is 5.85. The van der Waals surface area contributed by atoms with Crippen molar-refractivity contribution in [1.82, 2.24) is 0 Å². The number of sulfone groups is 1. The lowest BCUT2D eigenvalue weighted by Gasteiger charge is -2.20. The largest absolute Gasteiger partial charge is 0.497 e. The first-order valence-electron chi connectivity index (χ1n) is 5.72. The maximum Gasteiger partial charge on any atom is 0.150 e. The van der Waals surface area contributed by atoms with Gasteiger partial charge in [0.1, 0.15) is 5.75 Å². The summed E-state index contributed by atoms with van der Waals surface area (Å²) in [5.74, 6) is 1.13. The van der Waals surface area contributed by atoms with Crippen LogP contribution in [-0.4, -0.2) is 27.0 Å². The van der Waals surface area contributed by atoms with Crippen LogP contribution in [0.25, 0.3) is 0 Å². The van der Waals surface area contributed by atoms with Gasteiger partial charge in [0.2, 0.25) is 0 Å². The number of ether oxygens (including phenoxy) is 1. The number of hydrogen-bond acceptors (Lipinski definition) is 4. The molecule has 2 atom stereocenters. The molecule has 0 saturated carbocycles. The lowest BCUT2D eigenvalue weighted by atomic mass is 9.93. The predicted octanol–water partition coefficient (Wildman–Crippen LogP) is 1.89. The van der Waals surface area contributed by atoms with Crippen molar-refractivity contribution in [2.24, 2.45) is 11.7 Å². The van der Waals surface area contributed by atoms with E-state index in [0.717, 1.165) is 15.8 Å². The van der Waals surface area contributed by atoms with Crippen LogP contribution in [0, 0.1) is 5.92 Å². The second kappa shape index (κ2) is 5.19. The van der Waals surface area contributed by atoms with Crippen molar-refractivity contribution in [1.29, 1.82) is 0 Å². The summed E-state index contributed by atoms with van der Waals surface area (Å²) in [5, 5.41) is 0. The van der Waals surface area contributed by atoms with Gasteiger partial charge in [-0.1, -0.05) is 15.9 Å². The summed E-state index contributed by atoms with van der Waals surface area (Å²) in [4.78, 5) is 0. The van der Waals surface area contributed by atoms with E-state index < -0.39 is 9.84 Å². The van der Waals surface area contributed by atoms with Crippen LogP contribution < -0.4 is 10.5 Å². The van der Waals surface area contributed by atoms with Gasteiger partial charge in [-0.3, -0.25) is 0 Å². The Labute approximate surface area is 116 Å². The molecule has 1 fully saturated rings. The van der Waals surface area contributed by atoms with Gasteiger partial charge in [-0.2, -0.15) is 0 Å². The average Bonchev–Trinajstić information content (AvgIpc) is 2.69. The molecular formula is C12H16BrNO3S. The van der Waals surface area contributed by atoms with Crippen molar-refractivity contribution in [3.05, 3.63) is 28.2 Å². The molecule has 1 aliphatic rings. The van der Waals surface area contributed by atoms with Crippen LogP contribution in [0.2, 0.25) is 0 Å². The van der Waals surface area contributed by atoms with E-state index in [1.54, 1.807) is 7.11 Å². The number of nitrogens with two attached hydrogens (primary N) is 1. The highest BCUT2D eigenvalue weighted by Crippen LogP contribution is 2.34. The summed E-state index contributed by atoms with van der Waals surface area (Å²) in [7, 11) is -1.31. The molecule has 2 rings (SSSR count). The zero-order valence-corrected chi connectivity index (χ0v) is 12.5. The molecule has 0 aromatic heterocycles. The van der Waals surface area contributed by atoms with Gasteiger partial charge in [0.15, 0.2) is 9.84 Å². The van der Waals surface area contributed by atoms with Crippen LogP contribution in [-0.2, 0) is 9.84 Å². The normalized spacial score (nSPS) is 23.8. The number of halogens is 1. The number of benzene rings is 1. The van der Waals surface area contributed by atoms with E-state index in [1.165, 1.54) is 0 Å². The van der Waals surface area contributed by atoms with Crippen molar-refractivity contribution in [3.8, 4) is 5.75 Å². The first-order valence-corrected chi connectivity index (χ1v) is 8.34. The van der Waals surface area contributed by atoms with Crippen molar-refractivity contribution in [2.75, 3.05) is 18.6 Å². The quantitative estimate of drug-likeness (QED) is 0.917. The molecule has 2 N–H and O–H groups in total. The topological polar surface area (TPSA) is 69.4 Å². The molecule has 6 heteroatoms. The van der Waals surface area contributed by atoms with E-state index in [1.807, 2.05) is 18.2 Å². The molecule has 2 unspecified atom stereocenters. The zero-order chi connectivity index (χ0) is 13.3. The molecule has 1 aromatic rings.